The third-order valence-corrected chi connectivity index (χ3v) is 6.24. The van der Waals surface area contributed by atoms with E-state index < -0.39 is 21.9 Å². The monoisotopic (exact) mass is 341 g/mol. The lowest BCUT2D eigenvalue weighted by atomic mass is 10.1. The second-order valence-corrected chi connectivity index (χ2v) is 8.62. The number of hydrogen-bond acceptors (Lipinski definition) is 4. The molecule has 1 aromatic rings. The predicted molar refractivity (Wildman–Crippen MR) is 82.9 cm³/mol. The molecule has 1 aliphatic heterocycles. The first kappa shape index (κ1) is 16.4. The van der Waals surface area contributed by atoms with Crippen LogP contribution < -0.4 is 0 Å². The van der Waals surface area contributed by atoms with Crippen molar-refractivity contribution in [2.45, 2.75) is 31.4 Å². The molecule has 1 saturated carbocycles. The third-order valence-electron chi connectivity index (χ3n) is 4.48. The van der Waals surface area contributed by atoms with Crippen molar-refractivity contribution in [3.8, 4) is 0 Å². The van der Waals surface area contributed by atoms with Crippen molar-refractivity contribution in [3.63, 3.8) is 0 Å². The molecule has 2 atom stereocenters. The van der Waals surface area contributed by atoms with Crippen LogP contribution in [-0.4, -0.2) is 48.4 Å². The second kappa shape index (κ2) is 6.20. The fourth-order valence-corrected chi connectivity index (χ4v) is 4.74. The molecule has 3 rings (SSSR count). The molecule has 7 heteroatoms. The maximum atomic E-state index is 13.0. The van der Waals surface area contributed by atoms with Crippen molar-refractivity contribution in [3.05, 3.63) is 35.6 Å². The summed E-state index contributed by atoms with van der Waals surface area (Å²) < 4.78 is 36.1. The highest BCUT2D eigenvalue weighted by Crippen LogP contribution is 2.32. The maximum Gasteiger partial charge on any atom is 0.227 e. The van der Waals surface area contributed by atoms with Gasteiger partial charge < -0.3 is 10.0 Å². The number of carbonyl (C=O) groups excluding carboxylic acids is 1. The molecule has 1 N–H and O–H groups in total. The van der Waals surface area contributed by atoms with Gasteiger partial charge in [0.05, 0.1) is 30.1 Å². The van der Waals surface area contributed by atoms with E-state index in [0.29, 0.717) is 12.0 Å². The fraction of sp³-hybridized carbons (Fsp3) is 0.562. The number of sulfone groups is 1. The average Bonchev–Trinajstić information content (AvgIpc) is 3.28. The van der Waals surface area contributed by atoms with Gasteiger partial charge in [0.25, 0.3) is 0 Å². The van der Waals surface area contributed by atoms with Gasteiger partial charge in [-0.25, -0.2) is 12.8 Å². The van der Waals surface area contributed by atoms with Gasteiger partial charge in [-0.05, 0) is 37.0 Å². The number of amides is 1. The number of nitrogens with zero attached hydrogens (tertiary/aromatic N) is 1. The van der Waals surface area contributed by atoms with E-state index in [9.17, 15) is 22.7 Å². The largest absolute Gasteiger partial charge is 0.387 e. The van der Waals surface area contributed by atoms with Crippen LogP contribution >= 0.6 is 0 Å². The topological polar surface area (TPSA) is 74.7 Å². The van der Waals surface area contributed by atoms with E-state index in [1.54, 1.807) is 4.90 Å². The zero-order valence-corrected chi connectivity index (χ0v) is 13.5. The highest BCUT2D eigenvalue weighted by Gasteiger charge is 2.41. The third kappa shape index (κ3) is 3.90. The Bertz CT molecular complexity index is 685. The molecular weight excluding hydrogens is 321 g/mol. The van der Waals surface area contributed by atoms with Crippen LogP contribution in [0.2, 0.25) is 0 Å². The van der Waals surface area contributed by atoms with Crippen molar-refractivity contribution < 1.29 is 22.7 Å². The smallest absolute Gasteiger partial charge is 0.227 e. The van der Waals surface area contributed by atoms with Gasteiger partial charge in [0.2, 0.25) is 5.91 Å². The zero-order valence-electron chi connectivity index (χ0n) is 12.7. The Morgan fingerprint density at radius 1 is 1.26 bits per heavy atom. The molecule has 1 heterocycles. The summed E-state index contributed by atoms with van der Waals surface area (Å²) in [6, 6.07) is 5.61. The predicted octanol–water partition coefficient (Wildman–Crippen LogP) is 1.28. The van der Waals surface area contributed by atoms with E-state index in [2.05, 4.69) is 0 Å². The molecule has 0 unspecified atom stereocenters. The second-order valence-electron chi connectivity index (χ2n) is 6.39. The van der Waals surface area contributed by atoms with Crippen molar-refractivity contribution in [1.29, 1.82) is 0 Å². The molecule has 0 radical (unpaired) electrons. The number of benzene rings is 1. The normalized spacial score (nSPS) is 24.3. The van der Waals surface area contributed by atoms with Crippen LogP contribution in [0.3, 0.4) is 0 Å². The fourth-order valence-electron chi connectivity index (χ4n) is 3.01. The van der Waals surface area contributed by atoms with E-state index >= 15 is 0 Å². The highest BCUT2D eigenvalue weighted by atomic mass is 32.2. The summed E-state index contributed by atoms with van der Waals surface area (Å²) in [6.07, 6.45) is 1.21. The van der Waals surface area contributed by atoms with Crippen molar-refractivity contribution in [2.75, 3.05) is 18.1 Å². The Kier molecular flexibility index (Phi) is 4.42. The number of rotatable bonds is 5. The van der Waals surface area contributed by atoms with E-state index in [1.165, 1.54) is 24.3 Å². The molecule has 1 aromatic carbocycles. The average molecular weight is 341 g/mol. The minimum Gasteiger partial charge on any atom is -0.387 e. The van der Waals surface area contributed by atoms with Crippen LogP contribution in [0.1, 0.15) is 30.9 Å². The molecule has 23 heavy (non-hydrogen) atoms. The Morgan fingerprint density at radius 3 is 2.43 bits per heavy atom. The van der Waals surface area contributed by atoms with Crippen molar-refractivity contribution >= 4 is 15.7 Å². The lowest BCUT2D eigenvalue weighted by Gasteiger charge is -2.27. The van der Waals surface area contributed by atoms with Crippen LogP contribution in [0.25, 0.3) is 0 Å². The molecule has 0 bridgehead atoms. The SMILES string of the molecule is O=C([C@@H]1CCS(=O)(=O)C1)N(C[C@H](O)c1ccc(F)cc1)C1CC1. The van der Waals surface area contributed by atoms with E-state index in [-0.39, 0.29) is 35.8 Å². The first-order valence-corrected chi connectivity index (χ1v) is 9.62. The molecule has 0 aromatic heterocycles. The summed E-state index contributed by atoms with van der Waals surface area (Å²) in [5.74, 6) is -1.10. The maximum absolute atomic E-state index is 13.0. The number of aliphatic hydroxyl groups excluding tert-OH is 1. The summed E-state index contributed by atoms with van der Waals surface area (Å²) in [7, 11) is -3.12. The molecule has 0 spiro atoms. The summed E-state index contributed by atoms with van der Waals surface area (Å²) in [4.78, 5) is 14.2. The lowest BCUT2D eigenvalue weighted by Crippen LogP contribution is -2.41. The zero-order chi connectivity index (χ0) is 16.6. The van der Waals surface area contributed by atoms with Crippen LogP contribution in [0.5, 0.6) is 0 Å². The minimum absolute atomic E-state index is 0.0580. The number of hydrogen-bond donors (Lipinski definition) is 1. The van der Waals surface area contributed by atoms with Gasteiger partial charge in [0.1, 0.15) is 5.82 Å². The summed E-state index contributed by atoms with van der Waals surface area (Å²) >= 11 is 0. The van der Waals surface area contributed by atoms with E-state index in [4.69, 9.17) is 0 Å². The summed E-state index contributed by atoms with van der Waals surface area (Å²) in [6.45, 7) is 0.117. The van der Waals surface area contributed by atoms with Gasteiger partial charge >= 0.3 is 0 Å². The number of aliphatic hydroxyl groups is 1. The van der Waals surface area contributed by atoms with Gasteiger partial charge in [-0.15, -0.1) is 0 Å². The van der Waals surface area contributed by atoms with Crippen LogP contribution in [0.4, 0.5) is 4.39 Å². The van der Waals surface area contributed by atoms with E-state index in [1.807, 2.05) is 0 Å². The highest BCUT2D eigenvalue weighted by molar-refractivity contribution is 7.91. The Labute approximate surface area is 135 Å². The van der Waals surface area contributed by atoms with Crippen molar-refractivity contribution in [2.24, 2.45) is 5.92 Å². The van der Waals surface area contributed by atoms with Gasteiger partial charge in [0, 0.05) is 6.04 Å². The van der Waals surface area contributed by atoms with Crippen LogP contribution in [-0.2, 0) is 14.6 Å². The van der Waals surface area contributed by atoms with Gasteiger partial charge in [-0.2, -0.15) is 0 Å². The standard InChI is InChI=1S/C16H20FNO4S/c17-13-3-1-11(2-4-13)15(19)9-18(14-5-6-14)16(20)12-7-8-23(21,22)10-12/h1-4,12,14-15,19H,5-10H2/t12-,15+/m1/s1. The summed E-state index contributed by atoms with van der Waals surface area (Å²) in [5, 5.41) is 10.3. The molecule has 126 valence electrons. The molecule has 5 nitrogen and oxygen atoms in total. The Morgan fingerprint density at radius 2 is 1.91 bits per heavy atom. The summed E-state index contributed by atoms with van der Waals surface area (Å²) in [5.41, 5.74) is 0.545. The van der Waals surface area contributed by atoms with Crippen molar-refractivity contribution in [1.82, 2.24) is 4.90 Å². The first-order valence-electron chi connectivity index (χ1n) is 7.80. The Balaban J connectivity index is 1.69. The first-order chi connectivity index (χ1) is 10.9. The van der Waals surface area contributed by atoms with Crippen LogP contribution in [0, 0.1) is 11.7 Å². The minimum atomic E-state index is -3.12. The van der Waals surface area contributed by atoms with Gasteiger partial charge in [-0.1, -0.05) is 12.1 Å². The molecule has 1 saturated heterocycles. The van der Waals surface area contributed by atoms with E-state index in [0.717, 1.165) is 12.8 Å². The molecular formula is C16H20FNO4S. The lowest BCUT2D eigenvalue weighted by molar-refractivity contribution is -0.136. The number of halogens is 1. The molecule has 1 amide bonds. The Hall–Kier alpha value is -1.47. The number of carbonyl (C=O) groups is 1. The van der Waals surface area contributed by atoms with Crippen LogP contribution in [0.15, 0.2) is 24.3 Å². The van der Waals surface area contributed by atoms with Gasteiger partial charge in [-0.3, -0.25) is 4.79 Å². The molecule has 1 aliphatic carbocycles. The molecule has 2 fully saturated rings. The van der Waals surface area contributed by atoms with Gasteiger partial charge in [0.15, 0.2) is 9.84 Å². The quantitative estimate of drug-likeness (QED) is 0.876. The molecule has 2 aliphatic rings.